The van der Waals surface area contributed by atoms with Crippen molar-refractivity contribution < 1.29 is 19.1 Å². The summed E-state index contributed by atoms with van der Waals surface area (Å²) in [5, 5.41) is 5.59. The van der Waals surface area contributed by atoms with Crippen molar-refractivity contribution in [1.29, 1.82) is 0 Å². The molecule has 1 unspecified atom stereocenters. The summed E-state index contributed by atoms with van der Waals surface area (Å²) in [5.74, 6) is -1.62. The fraction of sp³-hybridized carbons (Fsp3) is 0.211. The number of anilines is 1. The van der Waals surface area contributed by atoms with Crippen LogP contribution in [-0.4, -0.2) is 30.4 Å². The van der Waals surface area contributed by atoms with Crippen LogP contribution in [0.3, 0.4) is 0 Å². The van der Waals surface area contributed by atoms with Gasteiger partial charge in [0.1, 0.15) is 6.54 Å². The normalized spacial score (nSPS) is 11.4. The van der Waals surface area contributed by atoms with Crippen molar-refractivity contribution in [3.8, 4) is 0 Å². The predicted octanol–water partition coefficient (Wildman–Crippen LogP) is 3.71. The molecule has 2 N–H and O–H groups in total. The third-order valence-electron chi connectivity index (χ3n) is 3.63. The molecule has 8 heteroatoms. The Bertz CT molecular complexity index is 855. The van der Waals surface area contributed by atoms with Crippen LogP contribution >= 0.6 is 27.5 Å². The van der Waals surface area contributed by atoms with E-state index in [1.165, 1.54) is 6.92 Å². The number of halogens is 2. The number of benzene rings is 2. The van der Waals surface area contributed by atoms with Crippen molar-refractivity contribution in [3.05, 3.63) is 63.1 Å². The molecule has 0 radical (unpaired) electrons. The van der Waals surface area contributed by atoms with Gasteiger partial charge in [-0.3, -0.25) is 14.4 Å². The summed E-state index contributed by atoms with van der Waals surface area (Å²) in [4.78, 5) is 36.0. The molecule has 0 aliphatic carbocycles. The SMILES string of the molecule is Cc1ccc(Cl)cc1NC(=O)C(C)OC(=O)CNC(=O)c1ccc(Br)cc1. The van der Waals surface area contributed by atoms with Gasteiger partial charge in [-0.1, -0.05) is 33.6 Å². The molecule has 6 nitrogen and oxygen atoms in total. The summed E-state index contributed by atoms with van der Waals surface area (Å²) in [5.41, 5.74) is 1.78. The minimum atomic E-state index is -1.03. The van der Waals surface area contributed by atoms with Gasteiger partial charge in [-0.2, -0.15) is 0 Å². The Morgan fingerprint density at radius 2 is 1.81 bits per heavy atom. The Morgan fingerprint density at radius 3 is 2.48 bits per heavy atom. The molecule has 2 amide bonds. The van der Waals surface area contributed by atoms with Crippen molar-refractivity contribution in [2.24, 2.45) is 0 Å². The predicted molar refractivity (Wildman–Crippen MR) is 107 cm³/mol. The minimum Gasteiger partial charge on any atom is -0.451 e. The molecule has 0 heterocycles. The number of hydrogen-bond acceptors (Lipinski definition) is 4. The Labute approximate surface area is 170 Å². The van der Waals surface area contributed by atoms with Gasteiger partial charge in [0, 0.05) is 20.7 Å². The number of carbonyl (C=O) groups is 3. The highest BCUT2D eigenvalue weighted by atomic mass is 79.9. The van der Waals surface area contributed by atoms with Crippen LogP contribution in [0.1, 0.15) is 22.8 Å². The molecule has 0 bridgehead atoms. The smallest absolute Gasteiger partial charge is 0.326 e. The lowest BCUT2D eigenvalue weighted by Crippen LogP contribution is -2.35. The second-order valence-corrected chi connectivity index (χ2v) is 7.12. The van der Waals surface area contributed by atoms with Crippen LogP contribution in [0.2, 0.25) is 5.02 Å². The van der Waals surface area contributed by atoms with Crippen LogP contribution < -0.4 is 10.6 Å². The lowest BCUT2D eigenvalue weighted by molar-refractivity contribution is -0.152. The molecule has 0 spiro atoms. The third-order valence-corrected chi connectivity index (χ3v) is 4.40. The third kappa shape index (κ3) is 6.37. The molecule has 2 rings (SSSR count). The molecular weight excluding hydrogens is 436 g/mol. The molecule has 1 atom stereocenters. The number of carbonyl (C=O) groups excluding carboxylic acids is 3. The van der Waals surface area contributed by atoms with Crippen LogP contribution in [0.5, 0.6) is 0 Å². The van der Waals surface area contributed by atoms with Gasteiger partial charge < -0.3 is 15.4 Å². The Hall–Kier alpha value is -2.38. The summed E-state index contributed by atoms with van der Waals surface area (Å²) >= 11 is 9.19. The van der Waals surface area contributed by atoms with Crippen LogP contribution in [0, 0.1) is 6.92 Å². The quantitative estimate of drug-likeness (QED) is 0.653. The molecule has 0 saturated carbocycles. The van der Waals surface area contributed by atoms with Crippen LogP contribution in [0.25, 0.3) is 0 Å². The average molecular weight is 454 g/mol. The summed E-state index contributed by atoms with van der Waals surface area (Å²) in [7, 11) is 0. The van der Waals surface area contributed by atoms with Crippen molar-refractivity contribution >= 4 is 51.0 Å². The molecule has 0 aromatic heterocycles. The maximum absolute atomic E-state index is 12.2. The zero-order chi connectivity index (χ0) is 20.0. The van der Waals surface area contributed by atoms with Crippen molar-refractivity contribution in [2.45, 2.75) is 20.0 Å². The van der Waals surface area contributed by atoms with E-state index in [0.717, 1.165) is 10.0 Å². The summed E-state index contributed by atoms with van der Waals surface area (Å²) < 4.78 is 5.89. The summed E-state index contributed by atoms with van der Waals surface area (Å²) in [6.45, 7) is 2.92. The maximum Gasteiger partial charge on any atom is 0.326 e. The molecule has 0 aliphatic rings. The minimum absolute atomic E-state index is 0.345. The number of esters is 1. The van der Waals surface area contributed by atoms with E-state index in [1.54, 1.807) is 42.5 Å². The molecular formula is C19H18BrClN2O4. The van der Waals surface area contributed by atoms with Crippen molar-refractivity contribution in [1.82, 2.24) is 5.32 Å². The van der Waals surface area contributed by atoms with E-state index in [-0.39, 0.29) is 6.54 Å². The number of rotatable bonds is 6. The van der Waals surface area contributed by atoms with Crippen molar-refractivity contribution in [3.63, 3.8) is 0 Å². The van der Waals surface area contributed by atoms with Gasteiger partial charge >= 0.3 is 5.97 Å². The first-order valence-electron chi connectivity index (χ1n) is 8.06. The van der Waals surface area contributed by atoms with Crippen LogP contribution in [0.4, 0.5) is 5.69 Å². The number of nitrogens with one attached hydrogen (secondary N) is 2. The molecule has 2 aromatic rings. The number of ether oxygens (including phenoxy) is 1. The molecule has 2 aromatic carbocycles. The van der Waals surface area contributed by atoms with Gasteiger partial charge in [0.2, 0.25) is 0 Å². The second kappa shape index (κ2) is 9.53. The first-order chi connectivity index (χ1) is 12.8. The van der Waals surface area contributed by atoms with E-state index in [9.17, 15) is 14.4 Å². The Balaban J connectivity index is 1.83. The fourth-order valence-electron chi connectivity index (χ4n) is 2.11. The van der Waals surface area contributed by atoms with Crippen LogP contribution in [-0.2, 0) is 14.3 Å². The Kier molecular flexibility index (Phi) is 7.38. The van der Waals surface area contributed by atoms with E-state index in [0.29, 0.717) is 16.3 Å². The van der Waals surface area contributed by atoms with Gasteiger partial charge in [0.25, 0.3) is 11.8 Å². The molecule has 0 fully saturated rings. The lowest BCUT2D eigenvalue weighted by atomic mass is 10.2. The Morgan fingerprint density at radius 1 is 1.15 bits per heavy atom. The van der Waals surface area contributed by atoms with Crippen LogP contribution in [0.15, 0.2) is 46.9 Å². The highest BCUT2D eigenvalue weighted by molar-refractivity contribution is 9.10. The monoisotopic (exact) mass is 452 g/mol. The second-order valence-electron chi connectivity index (χ2n) is 5.77. The first kappa shape index (κ1) is 20.9. The largest absolute Gasteiger partial charge is 0.451 e. The average Bonchev–Trinajstić information content (AvgIpc) is 2.63. The number of aryl methyl sites for hydroxylation is 1. The molecule has 27 heavy (non-hydrogen) atoms. The molecule has 0 aliphatic heterocycles. The summed E-state index contributed by atoms with van der Waals surface area (Å²) in [6.07, 6.45) is -1.03. The van der Waals surface area contributed by atoms with Gasteiger partial charge in [-0.15, -0.1) is 0 Å². The molecule has 0 saturated heterocycles. The van der Waals surface area contributed by atoms with Crippen molar-refractivity contribution in [2.75, 3.05) is 11.9 Å². The molecule has 142 valence electrons. The van der Waals surface area contributed by atoms with E-state index in [2.05, 4.69) is 26.6 Å². The van der Waals surface area contributed by atoms with E-state index >= 15 is 0 Å². The first-order valence-corrected chi connectivity index (χ1v) is 9.23. The van der Waals surface area contributed by atoms with E-state index in [4.69, 9.17) is 16.3 Å². The van der Waals surface area contributed by atoms with Gasteiger partial charge in [0.15, 0.2) is 6.10 Å². The standard InChI is InChI=1S/C19H18BrClN2O4/c1-11-3-8-15(21)9-16(11)23-18(25)12(2)27-17(24)10-22-19(26)13-4-6-14(20)7-5-13/h3-9,12H,10H2,1-2H3,(H,22,26)(H,23,25). The lowest BCUT2D eigenvalue weighted by Gasteiger charge is -2.15. The maximum atomic E-state index is 12.2. The number of hydrogen-bond donors (Lipinski definition) is 2. The van der Waals surface area contributed by atoms with E-state index < -0.39 is 23.9 Å². The topological polar surface area (TPSA) is 84.5 Å². The van der Waals surface area contributed by atoms with E-state index in [1.807, 2.05) is 6.92 Å². The fourth-order valence-corrected chi connectivity index (χ4v) is 2.55. The zero-order valence-electron chi connectivity index (χ0n) is 14.7. The van der Waals surface area contributed by atoms with Gasteiger partial charge in [-0.25, -0.2) is 0 Å². The zero-order valence-corrected chi connectivity index (χ0v) is 17.1. The highest BCUT2D eigenvalue weighted by Crippen LogP contribution is 2.20. The number of amides is 2. The van der Waals surface area contributed by atoms with Gasteiger partial charge in [0.05, 0.1) is 0 Å². The van der Waals surface area contributed by atoms with Gasteiger partial charge in [-0.05, 0) is 55.8 Å². The summed E-state index contributed by atoms with van der Waals surface area (Å²) in [6, 6.07) is 11.8. The highest BCUT2D eigenvalue weighted by Gasteiger charge is 2.19.